The first kappa shape index (κ1) is 9.95. The van der Waals surface area contributed by atoms with Gasteiger partial charge in [-0.1, -0.05) is 0 Å². The second-order valence-electron chi connectivity index (χ2n) is 3.29. The fraction of sp³-hybridized carbons (Fsp3) is 0.300. The van der Waals surface area contributed by atoms with Crippen LogP contribution in [0, 0.1) is 0 Å². The Morgan fingerprint density at radius 1 is 1.60 bits per heavy atom. The molecule has 0 fully saturated rings. The van der Waals surface area contributed by atoms with Crippen LogP contribution >= 0.6 is 0 Å². The molecule has 0 aliphatic carbocycles. The first-order chi connectivity index (χ1) is 7.22. The molecule has 2 heterocycles. The zero-order valence-corrected chi connectivity index (χ0v) is 8.29. The first-order valence-corrected chi connectivity index (χ1v) is 4.58. The summed E-state index contributed by atoms with van der Waals surface area (Å²) in [6, 6.07) is 3.52. The Morgan fingerprint density at radius 2 is 2.40 bits per heavy atom. The molecule has 0 saturated carbocycles. The Hall–Kier alpha value is -1.59. The number of furan rings is 1. The van der Waals surface area contributed by atoms with Gasteiger partial charge in [-0.3, -0.25) is 4.68 Å². The number of aliphatic hydroxyl groups is 2. The third kappa shape index (κ3) is 1.79. The highest BCUT2D eigenvalue weighted by molar-refractivity contribution is 5.57. The molecule has 15 heavy (non-hydrogen) atoms. The Bertz CT molecular complexity index is 433. The Morgan fingerprint density at radius 3 is 3.00 bits per heavy atom. The SMILES string of the molecule is Cn1nc(-c2ccoc2)cc1C(O)CO. The highest BCUT2D eigenvalue weighted by Crippen LogP contribution is 2.22. The maximum Gasteiger partial charge on any atom is 0.119 e. The average Bonchev–Trinajstić information content (AvgIpc) is 2.84. The van der Waals surface area contributed by atoms with Crippen LogP contribution in [-0.4, -0.2) is 26.6 Å². The van der Waals surface area contributed by atoms with E-state index in [-0.39, 0.29) is 6.61 Å². The maximum atomic E-state index is 9.49. The van der Waals surface area contributed by atoms with Crippen molar-refractivity contribution in [3.05, 3.63) is 30.4 Å². The van der Waals surface area contributed by atoms with Crippen LogP contribution in [0.5, 0.6) is 0 Å². The molecule has 2 rings (SSSR count). The molecule has 0 spiro atoms. The smallest absolute Gasteiger partial charge is 0.119 e. The number of hydrogen-bond acceptors (Lipinski definition) is 4. The van der Waals surface area contributed by atoms with Crippen LogP contribution in [0.3, 0.4) is 0 Å². The van der Waals surface area contributed by atoms with Crippen LogP contribution in [0.15, 0.2) is 29.1 Å². The van der Waals surface area contributed by atoms with Gasteiger partial charge in [0.1, 0.15) is 6.10 Å². The minimum atomic E-state index is -0.900. The van der Waals surface area contributed by atoms with Crippen molar-refractivity contribution in [2.45, 2.75) is 6.10 Å². The molecule has 80 valence electrons. The minimum absolute atomic E-state index is 0.315. The number of aromatic nitrogens is 2. The van der Waals surface area contributed by atoms with Gasteiger partial charge in [0, 0.05) is 12.6 Å². The molecular weight excluding hydrogens is 196 g/mol. The summed E-state index contributed by atoms with van der Waals surface area (Å²) in [6.45, 7) is -0.315. The lowest BCUT2D eigenvalue weighted by molar-refractivity contribution is 0.0891. The maximum absolute atomic E-state index is 9.49. The number of nitrogens with zero attached hydrogens (tertiary/aromatic N) is 2. The van der Waals surface area contributed by atoms with E-state index in [0.29, 0.717) is 11.4 Å². The zero-order chi connectivity index (χ0) is 10.8. The average molecular weight is 208 g/mol. The van der Waals surface area contributed by atoms with Crippen molar-refractivity contribution in [3.8, 4) is 11.3 Å². The molecule has 2 N–H and O–H groups in total. The largest absolute Gasteiger partial charge is 0.472 e. The molecule has 0 aliphatic heterocycles. The molecule has 0 saturated heterocycles. The lowest BCUT2D eigenvalue weighted by Crippen LogP contribution is -2.08. The molecule has 1 atom stereocenters. The summed E-state index contributed by atoms with van der Waals surface area (Å²) in [4.78, 5) is 0. The van der Waals surface area contributed by atoms with Gasteiger partial charge >= 0.3 is 0 Å². The second kappa shape index (κ2) is 3.88. The standard InChI is InChI=1S/C10H12N2O3/c1-12-9(10(14)5-13)4-8(11-12)7-2-3-15-6-7/h2-4,6,10,13-14H,5H2,1H3. The van der Waals surface area contributed by atoms with Gasteiger partial charge in [0.05, 0.1) is 30.5 Å². The molecule has 2 aromatic rings. The lowest BCUT2D eigenvalue weighted by atomic mass is 10.2. The van der Waals surface area contributed by atoms with E-state index in [1.165, 1.54) is 0 Å². The summed E-state index contributed by atoms with van der Waals surface area (Å²) in [5.74, 6) is 0. The summed E-state index contributed by atoms with van der Waals surface area (Å²) < 4.78 is 6.49. The summed E-state index contributed by atoms with van der Waals surface area (Å²) in [5.41, 5.74) is 2.14. The van der Waals surface area contributed by atoms with Gasteiger partial charge in [0.25, 0.3) is 0 Å². The monoisotopic (exact) mass is 208 g/mol. The van der Waals surface area contributed by atoms with Gasteiger partial charge in [0.15, 0.2) is 0 Å². The molecule has 5 nitrogen and oxygen atoms in total. The van der Waals surface area contributed by atoms with Gasteiger partial charge in [-0.05, 0) is 12.1 Å². The molecule has 5 heteroatoms. The van der Waals surface area contributed by atoms with Gasteiger partial charge in [-0.25, -0.2) is 0 Å². The summed E-state index contributed by atoms with van der Waals surface area (Å²) in [5, 5.41) is 22.5. The van der Waals surface area contributed by atoms with E-state index in [0.717, 1.165) is 5.56 Å². The van der Waals surface area contributed by atoms with E-state index in [2.05, 4.69) is 5.10 Å². The molecule has 0 aliphatic rings. The van der Waals surface area contributed by atoms with E-state index >= 15 is 0 Å². The van der Waals surface area contributed by atoms with E-state index in [1.807, 2.05) is 0 Å². The van der Waals surface area contributed by atoms with Crippen molar-refractivity contribution in [1.29, 1.82) is 0 Å². The van der Waals surface area contributed by atoms with Crippen LogP contribution in [-0.2, 0) is 7.05 Å². The van der Waals surface area contributed by atoms with Crippen molar-refractivity contribution in [2.24, 2.45) is 7.05 Å². The van der Waals surface area contributed by atoms with Crippen molar-refractivity contribution in [1.82, 2.24) is 9.78 Å². The predicted octanol–water partition coefficient (Wildman–Crippen LogP) is 0.706. The van der Waals surface area contributed by atoms with Crippen molar-refractivity contribution >= 4 is 0 Å². The fourth-order valence-electron chi connectivity index (χ4n) is 1.44. The van der Waals surface area contributed by atoms with E-state index in [4.69, 9.17) is 9.52 Å². The van der Waals surface area contributed by atoms with Gasteiger partial charge in [-0.2, -0.15) is 5.10 Å². The molecule has 0 amide bonds. The predicted molar refractivity (Wildman–Crippen MR) is 53.0 cm³/mol. The quantitative estimate of drug-likeness (QED) is 0.779. The number of aliphatic hydroxyl groups excluding tert-OH is 2. The highest BCUT2D eigenvalue weighted by atomic mass is 16.3. The molecular formula is C10H12N2O3. The van der Waals surface area contributed by atoms with Crippen LogP contribution in [0.1, 0.15) is 11.8 Å². The topological polar surface area (TPSA) is 71.4 Å². The van der Waals surface area contributed by atoms with E-state index in [9.17, 15) is 5.11 Å². The third-order valence-corrected chi connectivity index (χ3v) is 2.25. The fourth-order valence-corrected chi connectivity index (χ4v) is 1.44. The lowest BCUT2D eigenvalue weighted by Gasteiger charge is -2.05. The summed E-state index contributed by atoms with van der Waals surface area (Å²) in [7, 11) is 1.72. The van der Waals surface area contributed by atoms with E-state index in [1.54, 1.807) is 36.4 Å². The first-order valence-electron chi connectivity index (χ1n) is 4.58. The number of rotatable bonds is 3. The molecule has 0 radical (unpaired) electrons. The van der Waals surface area contributed by atoms with Crippen LogP contribution in [0.25, 0.3) is 11.3 Å². The minimum Gasteiger partial charge on any atom is -0.472 e. The van der Waals surface area contributed by atoms with Gasteiger partial charge in [0.2, 0.25) is 0 Å². The van der Waals surface area contributed by atoms with Crippen LogP contribution in [0.4, 0.5) is 0 Å². The van der Waals surface area contributed by atoms with Gasteiger partial charge in [-0.15, -0.1) is 0 Å². The highest BCUT2D eigenvalue weighted by Gasteiger charge is 2.14. The molecule has 2 aromatic heterocycles. The van der Waals surface area contributed by atoms with Crippen molar-refractivity contribution in [2.75, 3.05) is 6.61 Å². The third-order valence-electron chi connectivity index (χ3n) is 2.25. The van der Waals surface area contributed by atoms with Gasteiger partial charge < -0.3 is 14.6 Å². The van der Waals surface area contributed by atoms with Crippen molar-refractivity contribution < 1.29 is 14.6 Å². The number of hydrogen-bond donors (Lipinski definition) is 2. The molecule has 1 unspecified atom stereocenters. The Labute approximate surface area is 86.6 Å². The Balaban J connectivity index is 2.37. The molecule has 0 aromatic carbocycles. The second-order valence-corrected chi connectivity index (χ2v) is 3.29. The Kier molecular flexibility index (Phi) is 2.57. The van der Waals surface area contributed by atoms with Crippen LogP contribution in [0.2, 0.25) is 0 Å². The zero-order valence-electron chi connectivity index (χ0n) is 8.29. The number of aryl methyl sites for hydroxylation is 1. The van der Waals surface area contributed by atoms with Crippen LogP contribution < -0.4 is 0 Å². The van der Waals surface area contributed by atoms with E-state index < -0.39 is 6.10 Å². The summed E-state index contributed by atoms with van der Waals surface area (Å²) in [6.07, 6.45) is 2.24. The molecule has 0 bridgehead atoms. The summed E-state index contributed by atoms with van der Waals surface area (Å²) >= 11 is 0. The van der Waals surface area contributed by atoms with Crippen molar-refractivity contribution in [3.63, 3.8) is 0 Å². The normalized spacial score (nSPS) is 13.0.